The molecule has 0 aliphatic heterocycles. The number of unbranched alkanes of at least 4 members (excludes halogenated alkanes) is 1. The predicted molar refractivity (Wildman–Crippen MR) is 84.5 cm³/mol. The van der Waals surface area contributed by atoms with Gasteiger partial charge in [-0.3, -0.25) is 0 Å². The van der Waals surface area contributed by atoms with E-state index in [-0.39, 0.29) is 11.8 Å². The summed E-state index contributed by atoms with van der Waals surface area (Å²) >= 11 is 0. The van der Waals surface area contributed by atoms with Crippen molar-refractivity contribution < 1.29 is 13.2 Å². The van der Waals surface area contributed by atoms with E-state index in [4.69, 9.17) is 4.74 Å². The highest BCUT2D eigenvalue weighted by Gasteiger charge is 2.25. The molecule has 0 aromatic rings. The molecule has 0 saturated heterocycles. The van der Waals surface area contributed by atoms with Gasteiger partial charge in [0.25, 0.3) is 0 Å². The van der Waals surface area contributed by atoms with Crippen LogP contribution in [0.4, 0.5) is 0 Å². The van der Waals surface area contributed by atoms with Crippen molar-refractivity contribution in [3.63, 3.8) is 0 Å². The summed E-state index contributed by atoms with van der Waals surface area (Å²) in [5.41, 5.74) is 0. The molecule has 0 rings (SSSR count). The Morgan fingerprint density at radius 2 is 1.90 bits per heavy atom. The number of hydrogen-bond acceptors (Lipinski definition) is 4. The fourth-order valence-corrected chi connectivity index (χ4v) is 3.83. The topological polar surface area (TPSA) is 58.6 Å². The van der Waals surface area contributed by atoms with E-state index in [0.29, 0.717) is 19.6 Å². The molecular formula is C14H32N2O3S. The van der Waals surface area contributed by atoms with E-state index >= 15 is 0 Å². The molecule has 5 nitrogen and oxygen atoms in total. The molecule has 1 N–H and O–H groups in total. The number of ether oxygens (including phenoxy) is 1. The van der Waals surface area contributed by atoms with Gasteiger partial charge in [0.1, 0.15) is 0 Å². The van der Waals surface area contributed by atoms with Crippen LogP contribution in [0.15, 0.2) is 0 Å². The minimum absolute atomic E-state index is 0.0355. The third-order valence-electron chi connectivity index (χ3n) is 3.39. The maximum atomic E-state index is 12.4. The Kier molecular flexibility index (Phi) is 11.4. The molecule has 0 heterocycles. The first kappa shape index (κ1) is 19.8. The van der Waals surface area contributed by atoms with E-state index in [9.17, 15) is 8.42 Å². The zero-order chi connectivity index (χ0) is 15.4. The zero-order valence-corrected chi connectivity index (χ0v) is 14.3. The molecule has 122 valence electrons. The summed E-state index contributed by atoms with van der Waals surface area (Å²) in [5, 5.41) is 3.29. The van der Waals surface area contributed by atoms with Gasteiger partial charge in [0, 0.05) is 19.7 Å². The van der Waals surface area contributed by atoms with Crippen LogP contribution in [0.25, 0.3) is 0 Å². The fourth-order valence-electron chi connectivity index (χ4n) is 1.97. The van der Waals surface area contributed by atoms with Gasteiger partial charge < -0.3 is 10.1 Å². The summed E-state index contributed by atoms with van der Waals surface area (Å²) in [6.45, 7) is 8.87. The van der Waals surface area contributed by atoms with Crippen LogP contribution in [0, 0.1) is 0 Å². The first-order valence-electron chi connectivity index (χ1n) is 7.68. The number of nitrogens with one attached hydrogen (secondary N) is 1. The van der Waals surface area contributed by atoms with Crippen LogP contribution in [-0.2, 0) is 14.8 Å². The highest BCUT2D eigenvalue weighted by atomic mass is 32.2. The summed E-state index contributed by atoms with van der Waals surface area (Å²) in [5.74, 6) is 0.231. The van der Waals surface area contributed by atoms with E-state index in [1.165, 1.54) is 0 Å². The molecule has 0 aliphatic rings. The van der Waals surface area contributed by atoms with Crippen molar-refractivity contribution >= 4 is 10.0 Å². The maximum Gasteiger partial charge on any atom is 0.214 e. The second kappa shape index (κ2) is 11.5. The van der Waals surface area contributed by atoms with Gasteiger partial charge in [-0.25, -0.2) is 8.42 Å². The zero-order valence-electron chi connectivity index (χ0n) is 13.5. The lowest BCUT2D eigenvalue weighted by Gasteiger charge is -2.27. The van der Waals surface area contributed by atoms with Gasteiger partial charge in [-0.05, 0) is 45.7 Å². The van der Waals surface area contributed by atoms with Crippen LogP contribution in [-0.4, -0.2) is 57.9 Å². The molecule has 1 unspecified atom stereocenters. The monoisotopic (exact) mass is 308 g/mol. The Morgan fingerprint density at radius 3 is 2.45 bits per heavy atom. The van der Waals surface area contributed by atoms with E-state index in [1.54, 1.807) is 11.4 Å². The van der Waals surface area contributed by atoms with Crippen molar-refractivity contribution in [1.29, 1.82) is 0 Å². The Morgan fingerprint density at radius 1 is 1.20 bits per heavy atom. The third kappa shape index (κ3) is 8.19. The minimum Gasteiger partial charge on any atom is -0.383 e. The van der Waals surface area contributed by atoms with Crippen LogP contribution in [0.3, 0.4) is 0 Å². The minimum atomic E-state index is -3.17. The average Bonchev–Trinajstić information content (AvgIpc) is 2.42. The first-order chi connectivity index (χ1) is 9.49. The Bertz CT molecular complexity index is 320. The number of rotatable bonds is 13. The fraction of sp³-hybridized carbons (Fsp3) is 1.00. The summed E-state index contributed by atoms with van der Waals surface area (Å²) in [7, 11) is -1.58. The van der Waals surface area contributed by atoms with Crippen molar-refractivity contribution in [2.75, 3.05) is 39.1 Å². The standard InChI is InChI=1S/C14H32N2O3S/c1-5-9-15-10-7-8-13-20(17,18)16(11-12-19-4)14(3)6-2/h14-15H,5-13H2,1-4H3. The molecule has 0 radical (unpaired) electrons. The predicted octanol–water partition coefficient (Wildman–Crippen LogP) is 1.84. The van der Waals surface area contributed by atoms with Gasteiger partial charge >= 0.3 is 0 Å². The molecule has 0 spiro atoms. The van der Waals surface area contributed by atoms with E-state index in [0.717, 1.165) is 32.4 Å². The summed E-state index contributed by atoms with van der Waals surface area (Å²) in [6.07, 6.45) is 3.54. The molecule has 0 saturated carbocycles. The lowest BCUT2D eigenvalue weighted by Crippen LogP contribution is -2.41. The second-order valence-electron chi connectivity index (χ2n) is 5.13. The largest absolute Gasteiger partial charge is 0.383 e. The lowest BCUT2D eigenvalue weighted by atomic mass is 10.3. The van der Waals surface area contributed by atoms with Crippen molar-refractivity contribution in [3.8, 4) is 0 Å². The quantitative estimate of drug-likeness (QED) is 0.528. The molecule has 6 heteroatoms. The molecule has 0 aromatic carbocycles. The third-order valence-corrected chi connectivity index (χ3v) is 5.45. The SMILES string of the molecule is CCCNCCCCS(=O)(=O)N(CCOC)C(C)CC. The molecule has 0 amide bonds. The van der Waals surface area contributed by atoms with Crippen molar-refractivity contribution in [3.05, 3.63) is 0 Å². The summed E-state index contributed by atoms with van der Waals surface area (Å²) in [6, 6.07) is 0.0355. The highest BCUT2D eigenvalue weighted by Crippen LogP contribution is 2.12. The van der Waals surface area contributed by atoms with Crippen molar-refractivity contribution in [2.24, 2.45) is 0 Å². The van der Waals surface area contributed by atoms with Gasteiger partial charge in [-0.15, -0.1) is 0 Å². The molecular weight excluding hydrogens is 276 g/mol. The second-order valence-corrected chi connectivity index (χ2v) is 7.17. The van der Waals surface area contributed by atoms with Gasteiger partial charge in [-0.1, -0.05) is 13.8 Å². The lowest BCUT2D eigenvalue weighted by molar-refractivity contribution is 0.167. The Hall–Kier alpha value is -0.170. The molecule has 0 fully saturated rings. The molecule has 0 bridgehead atoms. The summed E-state index contributed by atoms with van der Waals surface area (Å²) in [4.78, 5) is 0. The summed E-state index contributed by atoms with van der Waals surface area (Å²) < 4.78 is 31.4. The maximum absolute atomic E-state index is 12.4. The van der Waals surface area contributed by atoms with Gasteiger partial charge in [0.15, 0.2) is 0 Å². The normalized spacial score (nSPS) is 13.8. The smallest absolute Gasteiger partial charge is 0.214 e. The van der Waals surface area contributed by atoms with Gasteiger partial charge in [0.05, 0.1) is 12.4 Å². The number of hydrogen-bond donors (Lipinski definition) is 1. The number of sulfonamides is 1. The Labute approximate surface area is 125 Å². The van der Waals surface area contributed by atoms with Crippen LogP contribution in [0.2, 0.25) is 0 Å². The highest BCUT2D eigenvalue weighted by molar-refractivity contribution is 7.89. The molecule has 1 atom stereocenters. The number of nitrogens with zero attached hydrogens (tertiary/aromatic N) is 1. The first-order valence-corrected chi connectivity index (χ1v) is 9.29. The van der Waals surface area contributed by atoms with Crippen LogP contribution >= 0.6 is 0 Å². The van der Waals surface area contributed by atoms with Crippen molar-refractivity contribution in [2.45, 2.75) is 52.5 Å². The van der Waals surface area contributed by atoms with E-state index in [2.05, 4.69) is 12.2 Å². The van der Waals surface area contributed by atoms with E-state index in [1.807, 2.05) is 13.8 Å². The Balaban J connectivity index is 4.25. The molecule has 0 aromatic heterocycles. The van der Waals surface area contributed by atoms with Crippen LogP contribution in [0.1, 0.15) is 46.5 Å². The number of methoxy groups -OCH3 is 1. The van der Waals surface area contributed by atoms with Gasteiger partial charge in [0.2, 0.25) is 10.0 Å². The van der Waals surface area contributed by atoms with Crippen LogP contribution in [0.5, 0.6) is 0 Å². The average molecular weight is 308 g/mol. The van der Waals surface area contributed by atoms with E-state index < -0.39 is 10.0 Å². The van der Waals surface area contributed by atoms with Crippen LogP contribution < -0.4 is 5.32 Å². The molecule has 20 heavy (non-hydrogen) atoms. The molecule has 0 aliphatic carbocycles. The van der Waals surface area contributed by atoms with Gasteiger partial charge in [-0.2, -0.15) is 4.31 Å². The van der Waals surface area contributed by atoms with Crippen molar-refractivity contribution in [1.82, 2.24) is 9.62 Å².